The van der Waals surface area contributed by atoms with Crippen LogP contribution in [-0.2, 0) is 4.65 Å². The van der Waals surface area contributed by atoms with Crippen molar-refractivity contribution in [2.24, 2.45) is 0 Å². The fraction of sp³-hybridized carbons (Fsp3) is 0.562. The highest BCUT2D eigenvalue weighted by molar-refractivity contribution is 6.60. The summed E-state index contributed by atoms with van der Waals surface area (Å²) in [6.45, 7) is 10.6. The average Bonchev–Trinajstić information content (AvgIpc) is 2.36. The minimum atomic E-state index is -1.19. The van der Waals surface area contributed by atoms with Crippen LogP contribution < -0.4 is 10.8 Å². The number of hydrogen-bond acceptors (Lipinski definition) is 5. The normalized spacial score (nSPS) is 12.2. The van der Waals surface area contributed by atoms with E-state index in [4.69, 9.17) is 9.92 Å². The van der Waals surface area contributed by atoms with E-state index < -0.39 is 18.3 Å². The van der Waals surface area contributed by atoms with E-state index in [1.54, 1.807) is 45.9 Å². The lowest BCUT2D eigenvalue weighted by Crippen LogP contribution is -2.53. The summed E-state index contributed by atoms with van der Waals surface area (Å²) in [6, 6.07) is 7.26. The lowest BCUT2D eigenvalue weighted by Gasteiger charge is -2.38. The van der Waals surface area contributed by atoms with E-state index in [0.29, 0.717) is 16.7 Å². The molecule has 0 bridgehead atoms. The van der Waals surface area contributed by atoms with Crippen LogP contribution in [0, 0.1) is 11.3 Å². The minimum absolute atomic E-state index is 0.160. The molecule has 0 saturated heterocycles. The molecule has 0 saturated carbocycles. The second-order valence-electron chi connectivity index (χ2n) is 6.76. The van der Waals surface area contributed by atoms with Gasteiger partial charge in [-0.05, 0) is 59.1 Å². The van der Waals surface area contributed by atoms with E-state index in [2.05, 4.69) is 11.4 Å². The Morgan fingerprint density at radius 2 is 1.86 bits per heavy atom. The molecular weight excluding hydrogens is 279 g/mol. The molecule has 0 aliphatic carbocycles. The van der Waals surface area contributed by atoms with E-state index in [0.717, 1.165) is 0 Å². The Balaban J connectivity index is 3.05. The molecule has 0 radical (unpaired) electrons. The lowest BCUT2D eigenvalue weighted by molar-refractivity contribution is -0.0982. The largest absolute Gasteiger partial charge is 0.491 e. The smallest absolute Gasteiger partial charge is 0.423 e. The lowest BCUT2D eigenvalue weighted by atomic mass is 9.76. The first-order valence-corrected chi connectivity index (χ1v) is 7.37. The number of aliphatic hydroxyl groups is 1. The summed E-state index contributed by atoms with van der Waals surface area (Å²) in [5.41, 5.74) is -0.365. The second kappa shape index (κ2) is 6.70. The Hall–Kier alpha value is -1.55. The summed E-state index contributed by atoms with van der Waals surface area (Å²) >= 11 is 0. The van der Waals surface area contributed by atoms with Crippen molar-refractivity contribution in [2.45, 2.75) is 58.8 Å². The third kappa shape index (κ3) is 4.47. The predicted molar refractivity (Wildman–Crippen MR) is 89.0 cm³/mol. The topological polar surface area (TPSA) is 85.5 Å². The van der Waals surface area contributed by atoms with Crippen LogP contribution in [0.3, 0.4) is 0 Å². The van der Waals surface area contributed by atoms with Crippen molar-refractivity contribution >= 4 is 18.3 Å². The van der Waals surface area contributed by atoms with Gasteiger partial charge in [0.2, 0.25) is 0 Å². The van der Waals surface area contributed by atoms with Crippen molar-refractivity contribution in [3.8, 4) is 6.07 Å². The van der Waals surface area contributed by atoms with E-state index in [9.17, 15) is 10.1 Å². The van der Waals surface area contributed by atoms with Crippen molar-refractivity contribution in [3.05, 3.63) is 23.8 Å². The zero-order valence-corrected chi connectivity index (χ0v) is 14.1. The molecule has 5 nitrogen and oxygen atoms in total. The Labute approximate surface area is 133 Å². The molecule has 0 spiro atoms. The molecule has 0 heterocycles. The van der Waals surface area contributed by atoms with E-state index in [1.807, 2.05) is 13.8 Å². The molecule has 22 heavy (non-hydrogen) atoms. The highest BCUT2D eigenvalue weighted by Crippen LogP contribution is 2.25. The number of rotatable bonds is 6. The van der Waals surface area contributed by atoms with Crippen molar-refractivity contribution < 1.29 is 14.8 Å². The Kier molecular flexibility index (Phi) is 5.63. The van der Waals surface area contributed by atoms with Crippen LogP contribution in [0.4, 0.5) is 5.69 Å². The monoisotopic (exact) mass is 304 g/mol. The van der Waals surface area contributed by atoms with Crippen LogP contribution in [0.25, 0.3) is 0 Å². The first-order chi connectivity index (χ1) is 9.98. The van der Waals surface area contributed by atoms with Gasteiger partial charge in [0, 0.05) is 6.04 Å². The highest BCUT2D eigenvalue weighted by atomic mass is 16.5. The van der Waals surface area contributed by atoms with Gasteiger partial charge >= 0.3 is 7.12 Å². The first-order valence-electron chi connectivity index (χ1n) is 7.37. The standard InChI is InChI=1S/C16H25BN2O3/c1-11(2)19-14-9-13(8-7-12(14)10-18)17(21)22-16(5,6)15(3,4)20/h7-9,11,19-21H,1-6H3. The van der Waals surface area contributed by atoms with Crippen molar-refractivity contribution in [1.82, 2.24) is 0 Å². The number of hydrogen-bond donors (Lipinski definition) is 3. The van der Waals surface area contributed by atoms with Gasteiger partial charge in [-0.1, -0.05) is 6.07 Å². The molecule has 1 aromatic carbocycles. The molecule has 0 aliphatic heterocycles. The molecule has 120 valence electrons. The van der Waals surface area contributed by atoms with Gasteiger partial charge in [0.1, 0.15) is 6.07 Å². The number of anilines is 1. The molecule has 1 rings (SSSR count). The maximum absolute atomic E-state index is 10.3. The number of nitriles is 1. The van der Waals surface area contributed by atoms with E-state index in [-0.39, 0.29) is 6.04 Å². The van der Waals surface area contributed by atoms with E-state index in [1.165, 1.54) is 0 Å². The molecule has 0 atom stereocenters. The van der Waals surface area contributed by atoms with Crippen LogP contribution in [-0.4, -0.2) is 34.5 Å². The summed E-state index contributed by atoms with van der Waals surface area (Å²) < 4.78 is 5.62. The maximum Gasteiger partial charge on any atom is 0.491 e. The van der Waals surface area contributed by atoms with Gasteiger partial charge in [-0.15, -0.1) is 0 Å². The van der Waals surface area contributed by atoms with Gasteiger partial charge < -0.3 is 20.1 Å². The molecule has 0 aromatic heterocycles. The fourth-order valence-electron chi connectivity index (χ4n) is 1.73. The Morgan fingerprint density at radius 1 is 1.27 bits per heavy atom. The third-order valence-electron chi connectivity index (χ3n) is 3.77. The predicted octanol–water partition coefficient (Wildman–Crippen LogP) is 1.63. The summed E-state index contributed by atoms with van der Waals surface area (Å²) in [6.07, 6.45) is 0. The van der Waals surface area contributed by atoms with Crippen LogP contribution in [0.2, 0.25) is 0 Å². The third-order valence-corrected chi connectivity index (χ3v) is 3.77. The van der Waals surface area contributed by atoms with E-state index >= 15 is 0 Å². The Bertz CT molecular complexity index is 559. The quantitative estimate of drug-likeness (QED) is 0.696. The molecule has 6 heteroatoms. The van der Waals surface area contributed by atoms with Gasteiger partial charge in [0.15, 0.2) is 0 Å². The first kappa shape index (κ1) is 18.5. The van der Waals surface area contributed by atoms with Crippen LogP contribution >= 0.6 is 0 Å². The van der Waals surface area contributed by atoms with Crippen molar-refractivity contribution in [3.63, 3.8) is 0 Å². The molecule has 3 N–H and O–H groups in total. The van der Waals surface area contributed by atoms with Crippen molar-refractivity contribution in [2.75, 3.05) is 5.32 Å². The molecular formula is C16H25BN2O3. The van der Waals surface area contributed by atoms with Crippen LogP contribution in [0.15, 0.2) is 18.2 Å². The summed E-state index contributed by atoms with van der Waals surface area (Å²) in [5.74, 6) is 0. The SMILES string of the molecule is CC(C)Nc1cc(B(O)OC(C)(C)C(C)(C)O)ccc1C#N. The molecule has 0 aliphatic rings. The molecule has 0 amide bonds. The molecule has 0 fully saturated rings. The zero-order valence-electron chi connectivity index (χ0n) is 14.1. The Morgan fingerprint density at radius 3 is 2.32 bits per heavy atom. The summed E-state index contributed by atoms with van der Waals surface area (Å²) in [4.78, 5) is 0. The van der Waals surface area contributed by atoms with Gasteiger partial charge in [-0.25, -0.2) is 0 Å². The van der Waals surface area contributed by atoms with Crippen LogP contribution in [0.5, 0.6) is 0 Å². The van der Waals surface area contributed by atoms with Gasteiger partial charge in [0.25, 0.3) is 0 Å². The van der Waals surface area contributed by atoms with Gasteiger partial charge in [-0.2, -0.15) is 5.26 Å². The number of nitrogens with one attached hydrogen (secondary N) is 1. The van der Waals surface area contributed by atoms with Gasteiger partial charge in [0.05, 0.1) is 22.5 Å². The molecule has 0 unspecified atom stereocenters. The number of benzene rings is 1. The maximum atomic E-state index is 10.3. The highest BCUT2D eigenvalue weighted by Gasteiger charge is 2.39. The second-order valence-corrected chi connectivity index (χ2v) is 6.76. The average molecular weight is 304 g/mol. The minimum Gasteiger partial charge on any atom is -0.423 e. The molecule has 1 aromatic rings. The van der Waals surface area contributed by atoms with Crippen molar-refractivity contribution in [1.29, 1.82) is 5.26 Å². The van der Waals surface area contributed by atoms with Crippen LogP contribution in [0.1, 0.15) is 47.1 Å². The summed E-state index contributed by atoms with van der Waals surface area (Å²) in [7, 11) is -1.19. The fourth-order valence-corrected chi connectivity index (χ4v) is 1.73. The summed E-state index contributed by atoms with van der Waals surface area (Å²) in [5, 5.41) is 32.7. The zero-order chi connectivity index (χ0) is 17.1. The number of nitrogens with zero attached hydrogens (tertiary/aromatic N) is 1. The van der Waals surface area contributed by atoms with Gasteiger partial charge in [-0.3, -0.25) is 0 Å².